The second-order valence-electron chi connectivity index (χ2n) is 1.59. The molecule has 0 saturated carbocycles. The number of anilines is 1. The largest absolute Gasteiger partial charge is 0.313 e. The maximum Gasteiger partial charge on any atom is 0.0620 e. The average Bonchev–Trinajstić information content (AvgIpc) is 2.12. The molecule has 3 heteroatoms. The van der Waals surface area contributed by atoms with E-state index >= 15 is 0 Å². The lowest BCUT2D eigenvalue weighted by Crippen LogP contribution is -2.24. The fraction of sp³-hybridized carbons (Fsp3) is 0.200. The van der Waals surface area contributed by atoms with Gasteiger partial charge in [-0.1, -0.05) is 0 Å². The minimum Gasteiger partial charge on any atom is -0.313 e. The van der Waals surface area contributed by atoms with Crippen molar-refractivity contribution in [3.8, 4) is 0 Å². The van der Waals surface area contributed by atoms with Crippen molar-refractivity contribution in [3.05, 3.63) is 16.8 Å². The summed E-state index contributed by atoms with van der Waals surface area (Å²) in [4.78, 5) is 0. The highest BCUT2D eigenvalue weighted by Gasteiger charge is 1.90. The lowest BCUT2D eigenvalue weighted by Gasteiger charge is -2.06. The van der Waals surface area contributed by atoms with Crippen LogP contribution in [0.5, 0.6) is 0 Å². The Kier molecular flexibility index (Phi) is 1.50. The molecule has 44 valence electrons. The van der Waals surface area contributed by atoms with Gasteiger partial charge in [-0.25, -0.2) is 5.84 Å². The summed E-state index contributed by atoms with van der Waals surface area (Å²) in [7, 11) is 1.82. The molecule has 1 aromatic rings. The minimum absolute atomic E-state index is 1.06. The number of rotatable bonds is 1. The summed E-state index contributed by atoms with van der Waals surface area (Å²) in [6.45, 7) is 0. The Morgan fingerprint density at radius 3 is 2.75 bits per heavy atom. The normalized spacial score (nSPS) is 9.25. The van der Waals surface area contributed by atoms with Crippen LogP contribution in [0.4, 0.5) is 5.69 Å². The van der Waals surface area contributed by atoms with Crippen molar-refractivity contribution in [2.75, 3.05) is 12.1 Å². The molecule has 0 aromatic carbocycles. The molecule has 0 radical (unpaired) electrons. The van der Waals surface area contributed by atoms with Crippen LogP contribution in [-0.4, -0.2) is 7.05 Å². The zero-order chi connectivity index (χ0) is 5.98. The molecule has 0 aliphatic rings. The molecule has 2 N–H and O–H groups in total. The molecule has 0 unspecified atom stereocenters. The van der Waals surface area contributed by atoms with Crippen molar-refractivity contribution in [1.29, 1.82) is 0 Å². The van der Waals surface area contributed by atoms with Gasteiger partial charge in [-0.15, -0.1) is 0 Å². The lowest BCUT2D eigenvalue weighted by atomic mass is 10.5. The third kappa shape index (κ3) is 0.993. The summed E-state index contributed by atoms with van der Waals surface area (Å²) < 4.78 is 0. The van der Waals surface area contributed by atoms with Crippen LogP contribution >= 0.6 is 11.3 Å². The monoisotopic (exact) mass is 128 g/mol. The van der Waals surface area contributed by atoms with E-state index in [9.17, 15) is 0 Å². The third-order valence-electron chi connectivity index (χ3n) is 0.913. The smallest absolute Gasteiger partial charge is 0.0620 e. The summed E-state index contributed by atoms with van der Waals surface area (Å²) in [5.74, 6) is 5.40. The lowest BCUT2D eigenvalue weighted by molar-refractivity contribution is 1.02. The Morgan fingerprint density at radius 1 is 1.75 bits per heavy atom. The van der Waals surface area contributed by atoms with Gasteiger partial charge in [-0.3, -0.25) is 0 Å². The maximum absolute atomic E-state index is 5.40. The van der Waals surface area contributed by atoms with Crippen LogP contribution in [0, 0.1) is 0 Å². The Morgan fingerprint density at radius 2 is 2.50 bits per heavy atom. The molecule has 0 saturated heterocycles. The van der Waals surface area contributed by atoms with E-state index in [0.717, 1.165) is 5.69 Å². The van der Waals surface area contributed by atoms with Gasteiger partial charge in [0.25, 0.3) is 0 Å². The van der Waals surface area contributed by atoms with Crippen LogP contribution in [0.3, 0.4) is 0 Å². The van der Waals surface area contributed by atoms with Crippen LogP contribution in [0.15, 0.2) is 16.8 Å². The van der Waals surface area contributed by atoms with Crippen LogP contribution in [0.25, 0.3) is 0 Å². The van der Waals surface area contributed by atoms with Crippen LogP contribution < -0.4 is 10.9 Å². The highest BCUT2D eigenvalue weighted by Crippen LogP contribution is 2.12. The van der Waals surface area contributed by atoms with Gasteiger partial charge in [0, 0.05) is 12.4 Å². The zero-order valence-corrected chi connectivity index (χ0v) is 5.48. The zero-order valence-electron chi connectivity index (χ0n) is 4.66. The van der Waals surface area contributed by atoms with Crippen LogP contribution in [0.1, 0.15) is 0 Å². The molecule has 8 heavy (non-hydrogen) atoms. The average molecular weight is 128 g/mol. The predicted octanol–water partition coefficient (Wildman–Crippen LogP) is 1.06. The fourth-order valence-electron chi connectivity index (χ4n) is 0.458. The summed E-state index contributed by atoms with van der Waals surface area (Å²) in [6, 6.07) is 1.98. The Balaban J connectivity index is 2.77. The van der Waals surface area contributed by atoms with Crippen molar-refractivity contribution in [1.82, 2.24) is 0 Å². The highest BCUT2D eigenvalue weighted by atomic mass is 32.1. The predicted molar refractivity (Wildman–Crippen MR) is 36.9 cm³/mol. The van der Waals surface area contributed by atoms with Gasteiger partial charge in [0.1, 0.15) is 0 Å². The molecule has 0 bridgehead atoms. The molecule has 0 aliphatic carbocycles. The van der Waals surface area contributed by atoms with E-state index in [4.69, 9.17) is 5.84 Å². The van der Waals surface area contributed by atoms with Crippen molar-refractivity contribution in [2.24, 2.45) is 5.84 Å². The van der Waals surface area contributed by atoms with E-state index in [1.54, 1.807) is 16.3 Å². The SMILES string of the molecule is CN(N)c1ccsc1. The molecular weight excluding hydrogens is 120 g/mol. The Labute approximate surface area is 52.5 Å². The maximum atomic E-state index is 5.40. The molecule has 1 aromatic heterocycles. The van der Waals surface area contributed by atoms with Crippen molar-refractivity contribution in [3.63, 3.8) is 0 Å². The van der Waals surface area contributed by atoms with Gasteiger partial charge in [0.15, 0.2) is 0 Å². The molecule has 0 atom stereocenters. The molecule has 0 fully saturated rings. The summed E-state index contributed by atoms with van der Waals surface area (Å²) in [5, 5.41) is 5.59. The molecule has 1 heterocycles. The van der Waals surface area contributed by atoms with Crippen molar-refractivity contribution >= 4 is 17.0 Å². The van der Waals surface area contributed by atoms with E-state index in [2.05, 4.69) is 0 Å². The molecule has 0 spiro atoms. The number of hydrogen-bond donors (Lipinski definition) is 1. The summed E-state index contributed by atoms with van der Waals surface area (Å²) in [6.07, 6.45) is 0. The first-order valence-corrected chi connectivity index (χ1v) is 3.25. The first kappa shape index (κ1) is 5.59. The standard InChI is InChI=1S/C5H8N2S/c1-7(6)5-2-3-8-4-5/h2-4H,6H2,1H3. The van der Waals surface area contributed by atoms with Crippen LogP contribution in [-0.2, 0) is 0 Å². The topological polar surface area (TPSA) is 29.3 Å². The summed E-state index contributed by atoms with van der Waals surface area (Å²) in [5.41, 5.74) is 1.06. The fourth-order valence-corrected chi connectivity index (χ4v) is 1.14. The first-order chi connectivity index (χ1) is 3.80. The van der Waals surface area contributed by atoms with Crippen molar-refractivity contribution in [2.45, 2.75) is 0 Å². The van der Waals surface area contributed by atoms with E-state index in [0.29, 0.717) is 0 Å². The van der Waals surface area contributed by atoms with Gasteiger partial charge in [-0.05, 0) is 11.4 Å². The third-order valence-corrected chi connectivity index (χ3v) is 1.58. The number of nitrogens with two attached hydrogens (primary N) is 1. The number of thiophene rings is 1. The van der Waals surface area contributed by atoms with Gasteiger partial charge in [0.05, 0.1) is 5.69 Å². The second-order valence-corrected chi connectivity index (χ2v) is 2.37. The molecule has 0 aliphatic heterocycles. The molecular formula is C5H8N2S. The van der Waals surface area contributed by atoms with Gasteiger partial charge >= 0.3 is 0 Å². The molecule has 2 nitrogen and oxygen atoms in total. The molecule has 1 rings (SSSR count). The van der Waals surface area contributed by atoms with Gasteiger partial charge < -0.3 is 5.01 Å². The van der Waals surface area contributed by atoms with Crippen LogP contribution in [0.2, 0.25) is 0 Å². The van der Waals surface area contributed by atoms with E-state index in [-0.39, 0.29) is 0 Å². The van der Waals surface area contributed by atoms with Gasteiger partial charge in [-0.2, -0.15) is 11.3 Å². The number of hydrogen-bond acceptors (Lipinski definition) is 3. The number of hydrazine groups is 1. The quantitative estimate of drug-likeness (QED) is 0.452. The Hall–Kier alpha value is -0.540. The van der Waals surface area contributed by atoms with E-state index < -0.39 is 0 Å². The van der Waals surface area contributed by atoms with E-state index in [1.807, 2.05) is 23.9 Å². The summed E-state index contributed by atoms with van der Waals surface area (Å²) >= 11 is 1.65. The first-order valence-electron chi connectivity index (χ1n) is 2.31. The number of nitrogens with zero attached hydrogens (tertiary/aromatic N) is 1. The highest BCUT2D eigenvalue weighted by molar-refractivity contribution is 7.08. The van der Waals surface area contributed by atoms with Gasteiger partial charge in [0.2, 0.25) is 0 Å². The second kappa shape index (κ2) is 2.15. The van der Waals surface area contributed by atoms with Crippen molar-refractivity contribution < 1.29 is 0 Å². The molecule has 0 amide bonds. The van der Waals surface area contributed by atoms with E-state index in [1.165, 1.54) is 0 Å². The Bertz CT molecular complexity index is 145. The minimum atomic E-state index is 1.06.